The number of benzene rings is 4. The van der Waals surface area contributed by atoms with Crippen LogP contribution in [0.15, 0.2) is 121 Å². The summed E-state index contributed by atoms with van der Waals surface area (Å²) in [4.78, 5) is 29.2. The van der Waals surface area contributed by atoms with Crippen molar-refractivity contribution in [3.05, 3.63) is 143 Å². The molecule has 0 aromatic heterocycles. The molecule has 5 heteroatoms. The minimum absolute atomic E-state index is 0.0648. The Labute approximate surface area is 237 Å². The van der Waals surface area contributed by atoms with Gasteiger partial charge in [-0.25, -0.2) is 0 Å². The van der Waals surface area contributed by atoms with Gasteiger partial charge in [0.15, 0.2) is 0 Å². The molecule has 0 bridgehead atoms. The second-order valence-corrected chi connectivity index (χ2v) is 9.86. The quantitative estimate of drug-likeness (QED) is 0.126. The number of nitrogens with one attached hydrogen (secondary N) is 2. The molecule has 2 atom stereocenters. The van der Waals surface area contributed by atoms with Gasteiger partial charge in [-0.1, -0.05) is 103 Å². The molecule has 0 spiro atoms. The van der Waals surface area contributed by atoms with Crippen molar-refractivity contribution in [3.8, 4) is 0 Å². The smallest absolute Gasteiger partial charge is 0.257 e. The molecule has 2 unspecified atom stereocenters. The van der Waals surface area contributed by atoms with E-state index in [1.165, 1.54) is 5.56 Å². The molecule has 0 aliphatic heterocycles. The second-order valence-electron chi connectivity index (χ2n) is 9.86. The van der Waals surface area contributed by atoms with Crippen LogP contribution in [0.1, 0.15) is 55.1 Å². The van der Waals surface area contributed by atoms with Gasteiger partial charge in [0.1, 0.15) is 5.57 Å². The molecule has 0 heterocycles. The zero-order valence-corrected chi connectivity index (χ0v) is 23.4. The summed E-state index contributed by atoms with van der Waals surface area (Å²) in [6.45, 7) is 7.62. The van der Waals surface area contributed by atoms with Crippen LogP contribution < -0.4 is 15.5 Å². The number of hydrogen-bond acceptors (Lipinski definition) is 3. The number of rotatable bonds is 11. The highest BCUT2D eigenvalue weighted by Crippen LogP contribution is 2.21. The normalized spacial score (nSPS) is 12.1. The fraction of sp³-hybridized carbons (Fsp3) is 0.200. The summed E-state index contributed by atoms with van der Waals surface area (Å²) in [5.41, 5.74) is 5.10. The number of hydrogen-bond donors (Lipinski definition) is 2. The van der Waals surface area contributed by atoms with Crippen LogP contribution in [0.5, 0.6) is 0 Å². The zero-order valence-electron chi connectivity index (χ0n) is 23.4. The summed E-state index contributed by atoms with van der Waals surface area (Å²) in [5.74, 6) is -0.838. The van der Waals surface area contributed by atoms with E-state index in [2.05, 4.69) is 34.6 Å². The molecule has 2 amide bonds. The van der Waals surface area contributed by atoms with Crippen molar-refractivity contribution in [3.63, 3.8) is 0 Å². The molecular weight excluding hydrogens is 494 g/mol. The van der Waals surface area contributed by atoms with Gasteiger partial charge < -0.3 is 15.5 Å². The Hall–Kier alpha value is -4.64. The molecular formula is C35H37N3O2. The van der Waals surface area contributed by atoms with Gasteiger partial charge in [-0.05, 0) is 61.2 Å². The summed E-state index contributed by atoms with van der Waals surface area (Å²) in [5, 5.41) is 6.00. The number of nitrogens with zero attached hydrogens (tertiary/aromatic N) is 1. The van der Waals surface area contributed by atoms with Gasteiger partial charge in [-0.3, -0.25) is 9.59 Å². The topological polar surface area (TPSA) is 61.4 Å². The lowest BCUT2D eigenvalue weighted by atomic mass is 10.0. The lowest BCUT2D eigenvalue weighted by Crippen LogP contribution is -2.36. The number of amides is 2. The van der Waals surface area contributed by atoms with E-state index >= 15 is 0 Å². The fourth-order valence-electron chi connectivity index (χ4n) is 4.57. The van der Waals surface area contributed by atoms with Crippen LogP contribution in [0.4, 0.5) is 5.69 Å². The first-order valence-electron chi connectivity index (χ1n) is 13.8. The van der Waals surface area contributed by atoms with Crippen LogP contribution in [0, 0.1) is 0 Å². The van der Waals surface area contributed by atoms with E-state index < -0.39 is 11.8 Å². The van der Waals surface area contributed by atoms with Crippen molar-refractivity contribution in [1.82, 2.24) is 10.6 Å². The van der Waals surface area contributed by atoms with E-state index in [9.17, 15) is 9.59 Å². The first-order chi connectivity index (χ1) is 19.4. The van der Waals surface area contributed by atoms with Gasteiger partial charge in [-0.2, -0.15) is 0 Å². The van der Waals surface area contributed by atoms with Gasteiger partial charge >= 0.3 is 0 Å². The number of anilines is 1. The van der Waals surface area contributed by atoms with Crippen molar-refractivity contribution < 1.29 is 9.59 Å². The third kappa shape index (κ3) is 7.70. The third-order valence-corrected chi connectivity index (χ3v) is 6.95. The first-order valence-corrected chi connectivity index (χ1v) is 13.8. The molecule has 204 valence electrons. The molecule has 0 fully saturated rings. The average molecular weight is 532 g/mol. The second kappa shape index (κ2) is 13.9. The highest BCUT2D eigenvalue weighted by molar-refractivity contribution is 6.21. The van der Waals surface area contributed by atoms with Crippen LogP contribution in [0.3, 0.4) is 0 Å². The lowest BCUT2D eigenvalue weighted by Gasteiger charge is -2.23. The minimum Gasteiger partial charge on any atom is -0.367 e. The summed E-state index contributed by atoms with van der Waals surface area (Å²) in [6, 6.07) is 37.2. The monoisotopic (exact) mass is 531 g/mol. The average Bonchev–Trinajstić information content (AvgIpc) is 3.00. The van der Waals surface area contributed by atoms with E-state index in [1.807, 2.05) is 117 Å². The van der Waals surface area contributed by atoms with Gasteiger partial charge in [0.2, 0.25) is 0 Å². The van der Waals surface area contributed by atoms with E-state index in [0.29, 0.717) is 0 Å². The Kier molecular flexibility index (Phi) is 9.89. The van der Waals surface area contributed by atoms with Gasteiger partial charge in [0.05, 0.1) is 12.1 Å². The molecule has 4 aromatic rings. The van der Waals surface area contributed by atoms with E-state index in [0.717, 1.165) is 35.5 Å². The van der Waals surface area contributed by atoms with Crippen molar-refractivity contribution >= 4 is 23.6 Å². The van der Waals surface area contributed by atoms with Crippen LogP contribution >= 0.6 is 0 Å². The molecule has 5 nitrogen and oxygen atoms in total. The summed E-state index contributed by atoms with van der Waals surface area (Å²) in [7, 11) is 0. The lowest BCUT2D eigenvalue weighted by molar-refractivity contribution is -0.124. The predicted octanol–water partition coefficient (Wildman–Crippen LogP) is 6.85. The maximum absolute atomic E-state index is 13.5. The van der Waals surface area contributed by atoms with Crippen LogP contribution in [0.2, 0.25) is 0 Å². The Morgan fingerprint density at radius 2 is 1.12 bits per heavy atom. The maximum atomic E-state index is 13.5. The zero-order chi connectivity index (χ0) is 28.3. The number of carbonyl (C=O) groups excluding carboxylic acids is 2. The predicted molar refractivity (Wildman–Crippen MR) is 164 cm³/mol. The van der Waals surface area contributed by atoms with Crippen LogP contribution in [-0.2, 0) is 16.1 Å². The highest BCUT2D eigenvalue weighted by Gasteiger charge is 2.22. The Balaban J connectivity index is 1.57. The Morgan fingerprint density at radius 1 is 0.675 bits per heavy atom. The SMILES string of the molecule is CCN(Cc1ccccc1)c1ccc(C=C(C(=O)NC(C)c2ccccc2)C(=O)NC(C)c2ccccc2)cc1. The number of carbonyl (C=O) groups is 2. The van der Waals surface area contributed by atoms with Gasteiger partial charge in [0, 0.05) is 18.8 Å². The fourth-order valence-corrected chi connectivity index (χ4v) is 4.57. The van der Waals surface area contributed by atoms with Gasteiger partial charge in [0.25, 0.3) is 11.8 Å². The molecule has 0 radical (unpaired) electrons. The van der Waals surface area contributed by atoms with Gasteiger partial charge in [-0.15, -0.1) is 0 Å². The molecule has 40 heavy (non-hydrogen) atoms. The van der Waals surface area contributed by atoms with E-state index in [1.54, 1.807) is 6.08 Å². The largest absolute Gasteiger partial charge is 0.367 e. The van der Waals surface area contributed by atoms with Crippen LogP contribution in [0.25, 0.3) is 6.08 Å². The highest BCUT2D eigenvalue weighted by atomic mass is 16.2. The summed E-state index contributed by atoms with van der Waals surface area (Å²) in [6.07, 6.45) is 1.66. The Bertz CT molecular complexity index is 1340. The Morgan fingerprint density at radius 3 is 1.57 bits per heavy atom. The molecule has 2 N–H and O–H groups in total. The van der Waals surface area contributed by atoms with Crippen molar-refractivity contribution in [2.75, 3.05) is 11.4 Å². The third-order valence-electron chi connectivity index (χ3n) is 6.95. The molecule has 0 saturated carbocycles. The summed E-state index contributed by atoms with van der Waals surface area (Å²) < 4.78 is 0. The molecule has 4 aromatic carbocycles. The summed E-state index contributed by atoms with van der Waals surface area (Å²) >= 11 is 0. The van der Waals surface area contributed by atoms with Crippen molar-refractivity contribution in [2.24, 2.45) is 0 Å². The molecule has 0 aliphatic rings. The van der Waals surface area contributed by atoms with Crippen molar-refractivity contribution in [2.45, 2.75) is 39.4 Å². The van der Waals surface area contributed by atoms with Crippen molar-refractivity contribution in [1.29, 1.82) is 0 Å². The molecule has 0 saturated heterocycles. The molecule has 4 rings (SSSR count). The van der Waals surface area contributed by atoms with Crippen LogP contribution in [-0.4, -0.2) is 18.4 Å². The maximum Gasteiger partial charge on any atom is 0.257 e. The molecule has 0 aliphatic carbocycles. The standard InChI is InChI=1S/C35H37N3O2/c1-4-38(25-29-14-8-5-9-15-29)32-22-20-28(21-23-32)24-33(34(39)36-26(2)30-16-10-6-11-17-30)35(40)37-27(3)31-18-12-7-13-19-31/h5-24,26-27H,4,25H2,1-3H3,(H,36,39)(H,37,40). The first kappa shape index (κ1) is 28.4. The minimum atomic E-state index is -0.419. The van der Waals surface area contributed by atoms with E-state index in [-0.39, 0.29) is 17.7 Å². The van der Waals surface area contributed by atoms with E-state index in [4.69, 9.17) is 0 Å².